The van der Waals surface area contributed by atoms with Crippen LogP contribution in [0.2, 0.25) is 0 Å². The van der Waals surface area contributed by atoms with Crippen molar-refractivity contribution in [3.05, 3.63) is 234 Å². The molecule has 0 saturated carbocycles. The minimum Gasteiger partial charge on any atom is -0.457 e. The number of hydrogen-bond acceptors (Lipinski definition) is 6. The number of ether oxygens (including phenoxy) is 1. The fourth-order valence-corrected chi connectivity index (χ4v) is 10.7. The standard InChI is InChI=1S/C59H39N5O/c1-58(2)44-28-13-12-25-41(44)50-52(60-54(61-53(50)58)36-19-6-3-7-20-36)39-33-34-45-43(35-39)40-26-18-27-42(51(40)59(45)46-29-14-16-31-48(46)65-49-32-17-15-30-47(49)59)57-63-55(37-21-8-4-9-22-37)62-56(64-57)38-23-10-5-11-24-38/h3-35H,1-2H3. The Bertz CT molecular complexity index is 3450. The number of hydrogen-bond donors (Lipinski definition) is 0. The van der Waals surface area contributed by atoms with Gasteiger partial charge in [0.2, 0.25) is 0 Å². The van der Waals surface area contributed by atoms with Gasteiger partial charge in [0, 0.05) is 49.9 Å². The second-order valence-corrected chi connectivity index (χ2v) is 17.5. The monoisotopic (exact) mass is 833 g/mol. The van der Waals surface area contributed by atoms with Gasteiger partial charge in [-0.15, -0.1) is 0 Å². The summed E-state index contributed by atoms with van der Waals surface area (Å²) >= 11 is 0. The zero-order valence-corrected chi connectivity index (χ0v) is 35.7. The average Bonchev–Trinajstić information content (AvgIpc) is 3.79. The lowest BCUT2D eigenvalue weighted by Gasteiger charge is -2.40. The van der Waals surface area contributed by atoms with Crippen molar-refractivity contribution in [3.8, 4) is 90.6 Å². The van der Waals surface area contributed by atoms with Crippen molar-refractivity contribution in [3.63, 3.8) is 0 Å². The van der Waals surface area contributed by atoms with E-state index in [9.17, 15) is 0 Å². The quantitative estimate of drug-likeness (QED) is 0.172. The molecule has 13 rings (SSSR count). The first-order chi connectivity index (χ1) is 32.0. The second-order valence-electron chi connectivity index (χ2n) is 17.5. The molecular weight excluding hydrogens is 795 g/mol. The second kappa shape index (κ2) is 14.1. The summed E-state index contributed by atoms with van der Waals surface area (Å²) in [6, 6.07) is 69.8. The highest BCUT2D eigenvalue weighted by Gasteiger charge is 2.53. The van der Waals surface area contributed by atoms with E-state index in [1.54, 1.807) is 0 Å². The summed E-state index contributed by atoms with van der Waals surface area (Å²) in [5.41, 5.74) is 15.7. The van der Waals surface area contributed by atoms with Crippen LogP contribution in [0.25, 0.3) is 79.1 Å². The molecule has 0 saturated heterocycles. The van der Waals surface area contributed by atoms with Crippen LogP contribution in [0, 0.1) is 0 Å². The van der Waals surface area contributed by atoms with Crippen LogP contribution in [0.15, 0.2) is 200 Å². The lowest BCUT2D eigenvalue weighted by atomic mass is 9.65. The van der Waals surface area contributed by atoms with Crippen LogP contribution in [-0.2, 0) is 10.8 Å². The lowest BCUT2D eigenvalue weighted by Crippen LogP contribution is -2.32. The van der Waals surface area contributed by atoms with E-state index in [2.05, 4.69) is 172 Å². The van der Waals surface area contributed by atoms with E-state index in [-0.39, 0.29) is 5.41 Å². The van der Waals surface area contributed by atoms with Crippen LogP contribution >= 0.6 is 0 Å². The molecule has 0 atom stereocenters. The van der Waals surface area contributed by atoms with Gasteiger partial charge in [-0.3, -0.25) is 0 Å². The number of fused-ring (bicyclic) bond motifs is 12. The molecule has 0 amide bonds. The van der Waals surface area contributed by atoms with E-state index in [0.717, 1.165) is 89.6 Å². The summed E-state index contributed by atoms with van der Waals surface area (Å²) in [5, 5.41) is 0. The fraction of sp³-hybridized carbons (Fsp3) is 0.0678. The van der Waals surface area contributed by atoms with Gasteiger partial charge in [0.05, 0.1) is 16.8 Å². The smallest absolute Gasteiger partial charge is 0.164 e. The topological polar surface area (TPSA) is 73.7 Å². The Kier molecular flexibility index (Phi) is 8.06. The average molecular weight is 834 g/mol. The van der Waals surface area contributed by atoms with E-state index in [4.69, 9.17) is 29.7 Å². The number of benzene rings is 8. The highest BCUT2D eigenvalue weighted by molar-refractivity contribution is 5.97. The van der Waals surface area contributed by atoms with Crippen molar-refractivity contribution in [1.82, 2.24) is 24.9 Å². The Labute approximate surface area is 377 Å². The molecule has 6 nitrogen and oxygen atoms in total. The minimum absolute atomic E-state index is 0.327. The molecule has 0 unspecified atom stereocenters. The lowest BCUT2D eigenvalue weighted by molar-refractivity contribution is 0.436. The molecule has 2 aromatic heterocycles. The maximum absolute atomic E-state index is 6.79. The van der Waals surface area contributed by atoms with Crippen LogP contribution < -0.4 is 4.74 Å². The van der Waals surface area contributed by atoms with Gasteiger partial charge in [-0.25, -0.2) is 24.9 Å². The first-order valence-corrected chi connectivity index (χ1v) is 22.1. The van der Waals surface area contributed by atoms with Crippen molar-refractivity contribution in [2.45, 2.75) is 24.7 Å². The van der Waals surface area contributed by atoms with E-state index >= 15 is 0 Å². The largest absolute Gasteiger partial charge is 0.457 e. The summed E-state index contributed by atoms with van der Waals surface area (Å²) < 4.78 is 6.79. The Hall–Kier alpha value is -8.35. The summed E-state index contributed by atoms with van der Waals surface area (Å²) in [6.07, 6.45) is 0. The Morgan fingerprint density at radius 3 is 1.46 bits per heavy atom. The predicted octanol–water partition coefficient (Wildman–Crippen LogP) is 13.8. The van der Waals surface area contributed by atoms with Crippen molar-refractivity contribution in [1.29, 1.82) is 0 Å². The third kappa shape index (κ3) is 5.44. The van der Waals surface area contributed by atoms with Crippen LogP contribution in [0.3, 0.4) is 0 Å². The number of nitrogens with zero attached hydrogens (tertiary/aromatic N) is 5. The first-order valence-electron chi connectivity index (χ1n) is 22.1. The molecule has 0 radical (unpaired) electrons. The van der Waals surface area contributed by atoms with Crippen molar-refractivity contribution in [2.24, 2.45) is 0 Å². The van der Waals surface area contributed by atoms with E-state index in [0.29, 0.717) is 23.3 Å². The molecule has 0 bridgehead atoms. The van der Waals surface area contributed by atoms with Crippen molar-refractivity contribution < 1.29 is 4.74 Å². The van der Waals surface area contributed by atoms with Crippen molar-refractivity contribution >= 4 is 0 Å². The maximum Gasteiger partial charge on any atom is 0.164 e. The zero-order chi connectivity index (χ0) is 43.3. The normalized spacial score (nSPS) is 14.1. The molecule has 3 aliphatic rings. The van der Waals surface area contributed by atoms with Crippen LogP contribution in [0.4, 0.5) is 0 Å². The zero-order valence-electron chi connectivity index (χ0n) is 35.7. The van der Waals surface area contributed by atoms with Gasteiger partial charge in [0.1, 0.15) is 11.5 Å². The van der Waals surface area contributed by atoms with Gasteiger partial charge in [0.25, 0.3) is 0 Å². The molecule has 10 aromatic rings. The van der Waals surface area contributed by atoms with Crippen molar-refractivity contribution in [2.75, 3.05) is 0 Å². The Balaban J connectivity index is 1.12. The van der Waals surface area contributed by atoms with Gasteiger partial charge in [-0.1, -0.05) is 196 Å². The molecular formula is C59H39N5O. The summed E-state index contributed by atoms with van der Waals surface area (Å²) in [5.74, 6) is 4.17. The Morgan fingerprint density at radius 2 is 0.846 bits per heavy atom. The molecule has 3 heterocycles. The van der Waals surface area contributed by atoms with E-state index in [1.807, 2.05) is 42.5 Å². The van der Waals surface area contributed by atoms with Gasteiger partial charge in [0.15, 0.2) is 23.3 Å². The van der Waals surface area contributed by atoms with Gasteiger partial charge in [-0.05, 0) is 51.6 Å². The highest BCUT2D eigenvalue weighted by atomic mass is 16.5. The number of rotatable bonds is 5. The third-order valence-corrected chi connectivity index (χ3v) is 13.6. The van der Waals surface area contributed by atoms with Gasteiger partial charge in [-0.2, -0.15) is 0 Å². The summed E-state index contributed by atoms with van der Waals surface area (Å²) in [4.78, 5) is 26.6. The van der Waals surface area contributed by atoms with Crippen LogP contribution in [0.5, 0.6) is 11.5 Å². The van der Waals surface area contributed by atoms with E-state index in [1.165, 1.54) is 11.1 Å². The van der Waals surface area contributed by atoms with Gasteiger partial charge < -0.3 is 4.74 Å². The van der Waals surface area contributed by atoms with Crippen LogP contribution in [0.1, 0.15) is 47.4 Å². The molecule has 0 fully saturated rings. The number of para-hydroxylation sites is 2. The molecule has 0 N–H and O–H groups in total. The summed E-state index contributed by atoms with van der Waals surface area (Å²) in [6.45, 7) is 4.56. The first kappa shape index (κ1) is 37.2. The van der Waals surface area contributed by atoms with Gasteiger partial charge >= 0.3 is 0 Å². The minimum atomic E-state index is -0.797. The highest BCUT2D eigenvalue weighted by Crippen LogP contribution is 2.64. The summed E-state index contributed by atoms with van der Waals surface area (Å²) in [7, 11) is 0. The Morgan fingerprint density at radius 1 is 0.354 bits per heavy atom. The third-order valence-electron chi connectivity index (χ3n) is 13.6. The molecule has 1 spiro atoms. The molecule has 65 heavy (non-hydrogen) atoms. The molecule has 306 valence electrons. The SMILES string of the molecule is CC1(C)c2ccccc2-c2c(-c3ccc4c(c3)-c3cccc(-c5nc(-c6ccccc6)nc(-c6ccccc6)n5)c3C43c4ccccc4Oc4ccccc43)nc(-c3ccccc3)nc21. The molecule has 1 aliphatic heterocycles. The van der Waals surface area contributed by atoms with Crippen LogP contribution in [-0.4, -0.2) is 24.9 Å². The number of aromatic nitrogens is 5. The molecule has 8 aromatic carbocycles. The van der Waals surface area contributed by atoms with E-state index < -0.39 is 5.41 Å². The fourth-order valence-electron chi connectivity index (χ4n) is 10.7. The molecule has 2 aliphatic carbocycles. The predicted molar refractivity (Wildman–Crippen MR) is 258 cm³/mol. The molecule has 6 heteroatoms. The maximum atomic E-state index is 6.79.